The Morgan fingerprint density at radius 2 is 2.31 bits per heavy atom. The number of aliphatic hydroxyl groups is 1. The molecular formula is C12H20N2O2. The number of ether oxygens (including phenoxy) is 1. The minimum atomic E-state index is -0.454. The molecule has 1 aromatic rings. The number of aryl methyl sites for hydroxylation is 1. The Balaban J connectivity index is 2.20. The van der Waals surface area contributed by atoms with Crippen LogP contribution in [0.25, 0.3) is 0 Å². The van der Waals surface area contributed by atoms with E-state index in [1.807, 2.05) is 32.0 Å². The average molecular weight is 224 g/mol. The lowest BCUT2D eigenvalue weighted by atomic mass is 10.3. The smallest absolute Gasteiger partial charge is 0.0897 e. The highest BCUT2D eigenvalue weighted by atomic mass is 16.5. The van der Waals surface area contributed by atoms with Crippen LogP contribution in [-0.4, -0.2) is 36.0 Å². The van der Waals surface area contributed by atoms with Crippen LogP contribution < -0.4 is 5.32 Å². The van der Waals surface area contributed by atoms with Crippen molar-refractivity contribution in [2.24, 2.45) is 0 Å². The molecular weight excluding hydrogens is 204 g/mol. The summed E-state index contributed by atoms with van der Waals surface area (Å²) in [6.07, 6.45) is -0.454. The number of aromatic nitrogens is 1. The van der Waals surface area contributed by atoms with E-state index in [2.05, 4.69) is 10.3 Å². The molecule has 0 saturated heterocycles. The van der Waals surface area contributed by atoms with Gasteiger partial charge in [-0.15, -0.1) is 0 Å². The van der Waals surface area contributed by atoms with E-state index in [9.17, 15) is 5.11 Å². The van der Waals surface area contributed by atoms with Crippen molar-refractivity contribution < 1.29 is 9.84 Å². The SMILES string of the molecule is CCOCC(O)CNCc1cccc(C)n1. The van der Waals surface area contributed by atoms with Crippen LogP contribution in [0.4, 0.5) is 0 Å². The molecule has 4 heteroatoms. The molecule has 0 fully saturated rings. The van der Waals surface area contributed by atoms with Crippen LogP contribution in [-0.2, 0) is 11.3 Å². The molecule has 1 aromatic heterocycles. The van der Waals surface area contributed by atoms with Crippen molar-refractivity contribution in [3.05, 3.63) is 29.6 Å². The predicted molar refractivity (Wildman–Crippen MR) is 63.2 cm³/mol. The van der Waals surface area contributed by atoms with Gasteiger partial charge >= 0.3 is 0 Å². The van der Waals surface area contributed by atoms with Gasteiger partial charge in [0.2, 0.25) is 0 Å². The second kappa shape index (κ2) is 7.33. The summed E-state index contributed by atoms with van der Waals surface area (Å²) in [4.78, 5) is 4.36. The van der Waals surface area contributed by atoms with Crippen LogP contribution in [0.1, 0.15) is 18.3 Å². The Morgan fingerprint density at radius 3 is 3.00 bits per heavy atom. The fourth-order valence-corrected chi connectivity index (χ4v) is 1.38. The van der Waals surface area contributed by atoms with Crippen molar-refractivity contribution in [1.82, 2.24) is 10.3 Å². The molecule has 4 nitrogen and oxygen atoms in total. The van der Waals surface area contributed by atoms with Crippen LogP contribution in [0.2, 0.25) is 0 Å². The number of hydrogen-bond acceptors (Lipinski definition) is 4. The number of hydrogen-bond donors (Lipinski definition) is 2. The number of nitrogens with one attached hydrogen (secondary N) is 1. The zero-order valence-electron chi connectivity index (χ0n) is 9.94. The minimum absolute atomic E-state index is 0.380. The molecule has 0 aliphatic rings. The fraction of sp³-hybridized carbons (Fsp3) is 0.583. The molecule has 1 atom stereocenters. The Kier molecular flexibility index (Phi) is 6.00. The van der Waals surface area contributed by atoms with Gasteiger partial charge in [-0.05, 0) is 26.0 Å². The topological polar surface area (TPSA) is 54.4 Å². The monoisotopic (exact) mass is 224 g/mol. The van der Waals surface area contributed by atoms with E-state index in [4.69, 9.17) is 4.74 Å². The summed E-state index contributed by atoms with van der Waals surface area (Å²) in [6.45, 7) is 6.09. The van der Waals surface area contributed by atoms with E-state index in [-0.39, 0.29) is 0 Å². The van der Waals surface area contributed by atoms with E-state index in [0.717, 1.165) is 11.4 Å². The van der Waals surface area contributed by atoms with Gasteiger partial charge in [-0.1, -0.05) is 6.07 Å². The third kappa shape index (κ3) is 5.21. The molecule has 0 radical (unpaired) electrons. The summed E-state index contributed by atoms with van der Waals surface area (Å²) in [5.74, 6) is 0. The molecule has 1 heterocycles. The van der Waals surface area contributed by atoms with Crippen molar-refractivity contribution in [1.29, 1.82) is 0 Å². The second-order valence-corrected chi connectivity index (χ2v) is 3.71. The van der Waals surface area contributed by atoms with Gasteiger partial charge in [0.1, 0.15) is 0 Å². The molecule has 0 saturated carbocycles. The van der Waals surface area contributed by atoms with Gasteiger partial charge in [-0.2, -0.15) is 0 Å². The molecule has 0 spiro atoms. The van der Waals surface area contributed by atoms with E-state index >= 15 is 0 Å². The van der Waals surface area contributed by atoms with Gasteiger partial charge in [0.15, 0.2) is 0 Å². The summed E-state index contributed by atoms with van der Waals surface area (Å²) >= 11 is 0. The van der Waals surface area contributed by atoms with Crippen LogP contribution in [0.3, 0.4) is 0 Å². The highest BCUT2D eigenvalue weighted by molar-refractivity contribution is 5.09. The van der Waals surface area contributed by atoms with Crippen molar-refractivity contribution >= 4 is 0 Å². The molecule has 1 rings (SSSR count). The van der Waals surface area contributed by atoms with Crippen molar-refractivity contribution in [3.8, 4) is 0 Å². The van der Waals surface area contributed by atoms with Crippen molar-refractivity contribution in [2.75, 3.05) is 19.8 Å². The van der Waals surface area contributed by atoms with Gasteiger partial charge < -0.3 is 15.2 Å². The molecule has 90 valence electrons. The molecule has 16 heavy (non-hydrogen) atoms. The quantitative estimate of drug-likeness (QED) is 0.722. The van der Waals surface area contributed by atoms with E-state index < -0.39 is 6.10 Å². The summed E-state index contributed by atoms with van der Waals surface area (Å²) in [5, 5.41) is 12.7. The van der Waals surface area contributed by atoms with Crippen LogP contribution in [0.5, 0.6) is 0 Å². The lowest BCUT2D eigenvalue weighted by Gasteiger charge is -2.11. The molecule has 1 unspecified atom stereocenters. The Morgan fingerprint density at radius 1 is 1.50 bits per heavy atom. The maximum atomic E-state index is 9.50. The van der Waals surface area contributed by atoms with Crippen molar-refractivity contribution in [2.45, 2.75) is 26.5 Å². The van der Waals surface area contributed by atoms with Gasteiger partial charge in [-0.3, -0.25) is 4.98 Å². The maximum absolute atomic E-state index is 9.50. The second-order valence-electron chi connectivity index (χ2n) is 3.71. The van der Waals surface area contributed by atoms with Gasteiger partial charge in [0, 0.05) is 25.4 Å². The average Bonchev–Trinajstić information content (AvgIpc) is 2.26. The molecule has 0 bridgehead atoms. The summed E-state index contributed by atoms with van der Waals surface area (Å²) < 4.78 is 5.11. The normalized spacial score (nSPS) is 12.7. The molecule has 0 aliphatic carbocycles. The van der Waals surface area contributed by atoms with Crippen LogP contribution >= 0.6 is 0 Å². The highest BCUT2D eigenvalue weighted by Crippen LogP contribution is 1.97. The van der Waals surface area contributed by atoms with Crippen LogP contribution in [0, 0.1) is 6.92 Å². The van der Waals surface area contributed by atoms with Crippen molar-refractivity contribution in [3.63, 3.8) is 0 Å². The lowest BCUT2D eigenvalue weighted by Crippen LogP contribution is -2.30. The molecule has 0 amide bonds. The zero-order chi connectivity index (χ0) is 11.8. The number of rotatable bonds is 7. The summed E-state index contributed by atoms with van der Waals surface area (Å²) in [7, 11) is 0. The number of nitrogens with zero attached hydrogens (tertiary/aromatic N) is 1. The third-order valence-electron chi connectivity index (χ3n) is 2.15. The van der Waals surface area contributed by atoms with E-state index in [1.165, 1.54) is 0 Å². The maximum Gasteiger partial charge on any atom is 0.0897 e. The number of pyridine rings is 1. The predicted octanol–water partition coefficient (Wildman–Crippen LogP) is 0.877. The first-order valence-electron chi connectivity index (χ1n) is 5.61. The van der Waals surface area contributed by atoms with Crippen LogP contribution in [0.15, 0.2) is 18.2 Å². The fourth-order valence-electron chi connectivity index (χ4n) is 1.38. The summed E-state index contributed by atoms with van der Waals surface area (Å²) in [6, 6.07) is 5.92. The molecule has 0 aliphatic heterocycles. The largest absolute Gasteiger partial charge is 0.389 e. The third-order valence-corrected chi connectivity index (χ3v) is 2.15. The van der Waals surface area contributed by atoms with E-state index in [0.29, 0.717) is 26.3 Å². The first kappa shape index (κ1) is 13.1. The number of aliphatic hydroxyl groups excluding tert-OH is 1. The lowest BCUT2D eigenvalue weighted by molar-refractivity contribution is 0.0427. The Hall–Kier alpha value is -0.970. The van der Waals surface area contributed by atoms with E-state index in [1.54, 1.807) is 0 Å². The zero-order valence-corrected chi connectivity index (χ0v) is 9.94. The van der Waals surface area contributed by atoms with Gasteiger partial charge in [0.05, 0.1) is 18.4 Å². The first-order valence-corrected chi connectivity index (χ1v) is 5.61. The van der Waals surface area contributed by atoms with Gasteiger partial charge in [0.25, 0.3) is 0 Å². The molecule has 2 N–H and O–H groups in total. The highest BCUT2D eigenvalue weighted by Gasteiger charge is 2.03. The first-order chi connectivity index (χ1) is 7.72. The van der Waals surface area contributed by atoms with Gasteiger partial charge in [-0.25, -0.2) is 0 Å². The standard InChI is InChI=1S/C12H20N2O2/c1-3-16-9-12(15)8-13-7-11-6-4-5-10(2)14-11/h4-6,12-13,15H,3,7-9H2,1-2H3. The Bertz CT molecular complexity index is 305. The minimum Gasteiger partial charge on any atom is -0.389 e. The summed E-state index contributed by atoms with van der Waals surface area (Å²) in [5.41, 5.74) is 2.00. The Labute approximate surface area is 96.7 Å². The molecule has 0 aromatic carbocycles.